The van der Waals surface area contributed by atoms with Gasteiger partial charge < -0.3 is 10.6 Å². The second kappa shape index (κ2) is 8.37. The third-order valence-electron chi connectivity index (χ3n) is 4.18. The molecule has 0 radical (unpaired) electrons. The SMILES string of the molecule is CN=C(NCC(C)c1ccccc1)NC1CCN(CC(F)(F)F)C1. The fraction of sp³-hybridized carbons (Fsp3) is 0.588. The van der Waals surface area contributed by atoms with Gasteiger partial charge in [-0.05, 0) is 17.9 Å². The number of hydrogen-bond acceptors (Lipinski definition) is 2. The van der Waals surface area contributed by atoms with Gasteiger partial charge in [-0.2, -0.15) is 13.2 Å². The van der Waals surface area contributed by atoms with Crippen LogP contribution in [0.2, 0.25) is 0 Å². The van der Waals surface area contributed by atoms with Crippen LogP contribution in [0.15, 0.2) is 35.3 Å². The van der Waals surface area contributed by atoms with Gasteiger partial charge in [-0.25, -0.2) is 0 Å². The second-order valence-electron chi connectivity index (χ2n) is 6.25. The molecule has 2 rings (SSSR count). The highest BCUT2D eigenvalue weighted by Gasteiger charge is 2.34. The van der Waals surface area contributed by atoms with Crippen molar-refractivity contribution in [3.8, 4) is 0 Å². The first-order valence-corrected chi connectivity index (χ1v) is 8.18. The highest BCUT2D eigenvalue weighted by atomic mass is 19.4. The number of nitrogens with one attached hydrogen (secondary N) is 2. The van der Waals surface area contributed by atoms with Crippen molar-refractivity contribution in [2.45, 2.75) is 31.5 Å². The van der Waals surface area contributed by atoms with Crippen molar-refractivity contribution in [3.63, 3.8) is 0 Å². The molecule has 1 aliphatic rings. The second-order valence-corrected chi connectivity index (χ2v) is 6.25. The lowest BCUT2D eigenvalue weighted by Crippen LogP contribution is -2.46. The van der Waals surface area contributed by atoms with E-state index in [1.807, 2.05) is 18.2 Å². The Morgan fingerprint density at radius 1 is 1.33 bits per heavy atom. The molecule has 0 saturated carbocycles. The quantitative estimate of drug-likeness (QED) is 0.638. The zero-order chi connectivity index (χ0) is 17.6. The van der Waals surface area contributed by atoms with Crippen molar-refractivity contribution in [3.05, 3.63) is 35.9 Å². The molecule has 1 aromatic rings. The topological polar surface area (TPSA) is 39.7 Å². The molecule has 0 bridgehead atoms. The number of halogens is 3. The summed E-state index contributed by atoms with van der Waals surface area (Å²) >= 11 is 0. The molecule has 0 spiro atoms. The summed E-state index contributed by atoms with van der Waals surface area (Å²) in [4.78, 5) is 5.60. The van der Waals surface area contributed by atoms with Gasteiger partial charge in [-0.3, -0.25) is 9.89 Å². The number of alkyl halides is 3. The molecule has 2 atom stereocenters. The van der Waals surface area contributed by atoms with E-state index < -0.39 is 12.7 Å². The summed E-state index contributed by atoms with van der Waals surface area (Å²) in [6.45, 7) is 2.82. The minimum atomic E-state index is -4.14. The largest absolute Gasteiger partial charge is 0.401 e. The van der Waals surface area contributed by atoms with E-state index in [0.29, 0.717) is 37.9 Å². The number of benzene rings is 1. The standard InChI is InChI=1S/C17H25F3N4/c1-13(14-6-4-3-5-7-14)10-22-16(21-2)23-15-8-9-24(11-15)12-17(18,19)20/h3-7,13,15H,8-12H2,1-2H3,(H2,21,22,23). The molecule has 4 nitrogen and oxygen atoms in total. The van der Waals surface area contributed by atoms with Crippen LogP contribution in [0.4, 0.5) is 13.2 Å². The lowest BCUT2D eigenvalue weighted by atomic mass is 10.0. The first kappa shape index (κ1) is 18.6. The number of rotatable bonds is 5. The van der Waals surface area contributed by atoms with E-state index in [-0.39, 0.29) is 6.04 Å². The molecular formula is C17H25F3N4. The average Bonchev–Trinajstić information content (AvgIpc) is 2.96. The molecular weight excluding hydrogens is 317 g/mol. The van der Waals surface area contributed by atoms with E-state index in [4.69, 9.17) is 0 Å². The molecule has 24 heavy (non-hydrogen) atoms. The minimum absolute atomic E-state index is 0.00872. The van der Waals surface area contributed by atoms with Crippen LogP contribution < -0.4 is 10.6 Å². The van der Waals surface area contributed by atoms with Crippen LogP contribution in [-0.2, 0) is 0 Å². The van der Waals surface area contributed by atoms with Gasteiger partial charge in [0.25, 0.3) is 0 Å². The molecule has 0 amide bonds. The molecule has 0 aliphatic carbocycles. The van der Waals surface area contributed by atoms with Crippen LogP contribution in [0.3, 0.4) is 0 Å². The summed E-state index contributed by atoms with van der Waals surface area (Å²) in [6.07, 6.45) is -3.45. The minimum Gasteiger partial charge on any atom is -0.356 e. The summed E-state index contributed by atoms with van der Waals surface area (Å²) in [5.41, 5.74) is 1.23. The van der Waals surface area contributed by atoms with Crippen LogP contribution in [0.25, 0.3) is 0 Å². The summed E-state index contributed by atoms with van der Waals surface area (Å²) in [5.74, 6) is 0.951. The first-order valence-electron chi connectivity index (χ1n) is 8.18. The van der Waals surface area contributed by atoms with E-state index in [9.17, 15) is 13.2 Å². The fourth-order valence-corrected chi connectivity index (χ4v) is 2.88. The molecule has 2 N–H and O–H groups in total. The third-order valence-corrected chi connectivity index (χ3v) is 4.18. The number of hydrogen-bond donors (Lipinski definition) is 2. The Labute approximate surface area is 141 Å². The smallest absolute Gasteiger partial charge is 0.356 e. The average molecular weight is 342 g/mol. The molecule has 1 aliphatic heterocycles. The van der Waals surface area contributed by atoms with Gasteiger partial charge >= 0.3 is 6.18 Å². The Kier molecular flexibility index (Phi) is 6.48. The maximum Gasteiger partial charge on any atom is 0.401 e. The number of guanidine groups is 1. The summed E-state index contributed by atoms with van der Waals surface area (Å²) in [7, 11) is 1.67. The Balaban J connectivity index is 1.77. The molecule has 0 aromatic heterocycles. The Bertz CT molecular complexity index is 530. The normalized spacial score (nSPS) is 20.9. The molecule has 1 aromatic carbocycles. The molecule has 1 fully saturated rings. The van der Waals surface area contributed by atoms with Crippen molar-refractivity contribution < 1.29 is 13.2 Å². The summed E-state index contributed by atoms with van der Waals surface area (Å²) in [6, 6.07) is 10.1. The first-order chi connectivity index (χ1) is 11.4. The van der Waals surface area contributed by atoms with E-state index in [0.717, 1.165) is 0 Å². The highest BCUT2D eigenvalue weighted by Crippen LogP contribution is 2.20. The number of likely N-dealkylation sites (tertiary alicyclic amines) is 1. The zero-order valence-corrected chi connectivity index (χ0v) is 14.1. The molecule has 1 saturated heterocycles. The summed E-state index contributed by atoms with van der Waals surface area (Å²) < 4.78 is 37.3. The van der Waals surface area contributed by atoms with Crippen LogP contribution in [0, 0.1) is 0 Å². The van der Waals surface area contributed by atoms with Gasteiger partial charge in [0.15, 0.2) is 5.96 Å². The van der Waals surface area contributed by atoms with Gasteiger partial charge in [0.2, 0.25) is 0 Å². The Morgan fingerprint density at radius 3 is 2.67 bits per heavy atom. The van der Waals surface area contributed by atoms with Crippen molar-refractivity contribution >= 4 is 5.96 Å². The monoisotopic (exact) mass is 342 g/mol. The van der Waals surface area contributed by atoms with Crippen molar-refractivity contribution in [2.24, 2.45) is 4.99 Å². The molecule has 1 heterocycles. The maximum atomic E-state index is 12.4. The van der Waals surface area contributed by atoms with Crippen LogP contribution in [0.5, 0.6) is 0 Å². The van der Waals surface area contributed by atoms with Crippen molar-refractivity contribution in [1.29, 1.82) is 0 Å². The fourth-order valence-electron chi connectivity index (χ4n) is 2.88. The van der Waals surface area contributed by atoms with Crippen molar-refractivity contribution in [1.82, 2.24) is 15.5 Å². The van der Waals surface area contributed by atoms with E-state index >= 15 is 0 Å². The third kappa shape index (κ3) is 6.03. The van der Waals surface area contributed by atoms with E-state index in [2.05, 4.69) is 34.7 Å². The van der Waals surface area contributed by atoms with Crippen LogP contribution in [-0.4, -0.2) is 56.3 Å². The van der Waals surface area contributed by atoms with Crippen LogP contribution >= 0.6 is 0 Å². The van der Waals surface area contributed by atoms with Gasteiger partial charge in [-0.15, -0.1) is 0 Å². The van der Waals surface area contributed by atoms with E-state index in [1.165, 1.54) is 10.5 Å². The molecule has 7 heteroatoms. The maximum absolute atomic E-state index is 12.4. The molecule has 134 valence electrons. The predicted octanol–water partition coefficient (Wildman–Crippen LogP) is 2.59. The van der Waals surface area contributed by atoms with Gasteiger partial charge in [0.1, 0.15) is 0 Å². The van der Waals surface area contributed by atoms with Gasteiger partial charge in [0, 0.05) is 32.7 Å². The predicted molar refractivity (Wildman–Crippen MR) is 90.3 cm³/mol. The van der Waals surface area contributed by atoms with Gasteiger partial charge in [-0.1, -0.05) is 37.3 Å². The number of aliphatic imine (C=N–C) groups is 1. The van der Waals surface area contributed by atoms with Crippen molar-refractivity contribution in [2.75, 3.05) is 33.2 Å². The Morgan fingerprint density at radius 2 is 2.04 bits per heavy atom. The molecule has 2 unspecified atom stereocenters. The van der Waals surface area contributed by atoms with Gasteiger partial charge in [0.05, 0.1) is 6.54 Å². The highest BCUT2D eigenvalue weighted by molar-refractivity contribution is 5.80. The van der Waals surface area contributed by atoms with Crippen LogP contribution in [0.1, 0.15) is 24.8 Å². The lowest BCUT2D eigenvalue weighted by molar-refractivity contribution is -0.143. The number of nitrogens with zero attached hydrogens (tertiary/aromatic N) is 2. The van der Waals surface area contributed by atoms with E-state index in [1.54, 1.807) is 7.05 Å². The zero-order valence-electron chi connectivity index (χ0n) is 14.1. The summed E-state index contributed by atoms with van der Waals surface area (Å²) in [5, 5.41) is 6.47. The Hall–Kier alpha value is -1.76. The lowest BCUT2D eigenvalue weighted by Gasteiger charge is -2.21.